The Balaban J connectivity index is 1.79. The Labute approximate surface area is 191 Å². The van der Waals surface area contributed by atoms with Crippen molar-refractivity contribution >= 4 is 51.7 Å². The van der Waals surface area contributed by atoms with Crippen LogP contribution in [-0.4, -0.2) is 40.8 Å². The van der Waals surface area contributed by atoms with E-state index in [0.29, 0.717) is 18.0 Å². The monoisotopic (exact) mass is 485 g/mol. The van der Waals surface area contributed by atoms with Crippen molar-refractivity contribution in [3.8, 4) is 5.75 Å². The van der Waals surface area contributed by atoms with Crippen LogP contribution < -0.4 is 10.1 Å². The molecule has 0 aliphatic carbocycles. The van der Waals surface area contributed by atoms with E-state index in [1.165, 1.54) is 18.0 Å². The SMILES string of the molecule is CCOc1ccc(NC(=O)[C@H]2CC(=O)N(C)C(=Nc3ccc(Cl)c(C(F)(F)F)c3)S2)cc1. The summed E-state index contributed by atoms with van der Waals surface area (Å²) in [6.45, 7) is 2.37. The zero-order valence-electron chi connectivity index (χ0n) is 17.1. The average Bonchev–Trinajstić information content (AvgIpc) is 2.73. The van der Waals surface area contributed by atoms with Gasteiger partial charge in [-0.1, -0.05) is 23.4 Å². The molecule has 170 valence electrons. The number of rotatable bonds is 5. The van der Waals surface area contributed by atoms with Crippen molar-refractivity contribution in [3.63, 3.8) is 0 Å². The minimum absolute atomic E-state index is 0.0311. The van der Waals surface area contributed by atoms with Crippen LogP contribution in [0.15, 0.2) is 47.5 Å². The van der Waals surface area contributed by atoms with E-state index < -0.39 is 27.9 Å². The van der Waals surface area contributed by atoms with Gasteiger partial charge in [-0.3, -0.25) is 14.5 Å². The van der Waals surface area contributed by atoms with Gasteiger partial charge in [0.2, 0.25) is 11.8 Å². The number of carbonyl (C=O) groups is 2. The van der Waals surface area contributed by atoms with Crippen LogP contribution in [0.5, 0.6) is 5.75 Å². The number of benzene rings is 2. The Morgan fingerprint density at radius 2 is 1.97 bits per heavy atom. The molecule has 0 saturated carbocycles. The summed E-state index contributed by atoms with van der Waals surface area (Å²) >= 11 is 6.64. The number of halogens is 4. The molecule has 1 aliphatic rings. The lowest BCUT2D eigenvalue weighted by Gasteiger charge is -2.28. The number of alkyl halides is 3. The number of amidine groups is 1. The fraction of sp³-hybridized carbons (Fsp3) is 0.286. The number of hydrogen-bond acceptors (Lipinski definition) is 5. The predicted octanol–water partition coefficient (Wildman–Crippen LogP) is 5.35. The molecule has 2 aromatic rings. The van der Waals surface area contributed by atoms with Gasteiger partial charge < -0.3 is 10.1 Å². The number of amides is 2. The summed E-state index contributed by atoms with van der Waals surface area (Å²) in [5.41, 5.74) is -0.534. The van der Waals surface area contributed by atoms with Gasteiger partial charge >= 0.3 is 6.18 Å². The highest BCUT2D eigenvalue weighted by molar-refractivity contribution is 8.15. The lowest BCUT2D eigenvalue weighted by Crippen LogP contribution is -2.43. The third kappa shape index (κ3) is 5.74. The largest absolute Gasteiger partial charge is 0.494 e. The molecular weight excluding hydrogens is 467 g/mol. The third-order valence-corrected chi connectivity index (χ3v) is 6.04. The van der Waals surface area contributed by atoms with E-state index in [-0.39, 0.29) is 23.2 Å². The number of hydrogen-bond donors (Lipinski definition) is 1. The second-order valence-corrected chi connectivity index (χ2v) is 8.34. The summed E-state index contributed by atoms with van der Waals surface area (Å²) in [6, 6.07) is 9.97. The average molecular weight is 486 g/mol. The predicted molar refractivity (Wildman–Crippen MR) is 119 cm³/mol. The molecule has 1 aliphatic heterocycles. The molecule has 0 radical (unpaired) electrons. The van der Waals surface area contributed by atoms with Gasteiger partial charge in [0.05, 0.1) is 22.9 Å². The molecule has 2 aromatic carbocycles. The van der Waals surface area contributed by atoms with Crippen molar-refractivity contribution in [2.75, 3.05) is 19.0 Å². The van der Waals surface area contributed by atoms with Crippen LogP contribution in [0.1, 0.15) is 18.9 Å². The molecule has 3 rings (SSSR count). The van der Waals surface area contributed by atoms with Gasteiger partial charge in [-0.05, 0) is 49.4 Å². The standard InChI is InChI=1S/C21H19ClF3N3O3S/c1-3-31-14-7-4-12(5-8-14)26-19(30)17-11-18(29)28(2)20(32-17)27-13-6-9-16(22)15(10-13)21(23,24)25/h4-10,17H,3,11H2,1-2H3,(H,26,30)/t17-/m1/s1. The van der Waals surface area contributed by atoms with E-state index in [9.17, 15) is 22.8 Å². The summed E-state index contributed by atoms with van der Waals surface area (Å²) in [4.78, 5) is 30.5. The van der Waals surface area contributed by atoms with Crippen LogP contribution in [0.3, 0.4) is 0 Å². The summed E-state index contributed by atoms with van der Waals surface area (Å²) < 4.78 is 44.7. The molecular formula is C21H19ClF3N3O3S. The highest BCUT2D eigenvalue weighted by Gasteiger charge is 2.35. The quantitative estimate of drug-likeness (QED) is 0.620. The number of aliphatic imine (C=N–C) groups is 1. The van der Waals surface area contributed by atoms with Crippen LogP contribution in [-0.2, 0) is 15.8 Å². The molecule has 6 nitrogen and oxygen atoms in total. The van der Waals surface area contributed by atoms with Crippen LogP contribution in [0.2, 0.25) is 5.02 Å². The maximum atomic E-state index is 13.1. The van der Waals surface area contributed by atoms with Crippen LogP contribution in [0, 0.1) is 0 Å². The van der Waals surface area contributed by atoms with E-state index in [2.05, 4.69) is 10.3 Å². The molecule has 0 bridgehead atoms. The first kappa shape index (κ1) is 23.9. The van der Waals surface area contributed by atoms with Gasteiger partial charge in [0.25, 0.3) is 0 Å². The van der Waals surface area contributed by atoms with Crippen molar-refractivity contribution in [2.24, 2.45) is 4.99 Å². The zero-order valence-corrected chi connectivity index (χ0v) is 18.6. The third-order valence-electron chi connectivity index (χ3n) is 4.47. The number of nitrogens with one attached hydrogen (secondary N) is 1. The van der Waals surface area contributed by atoms with Gasteiger partial charge in [0.15, 0.2) is 5.17 Å². The van der Waals surface area contributed by atoms with Crippen LogP contribution >= 0.6 is 23.4 Å². The highest BCUT2D eigenvalue weighted by atomic mass is 35.5. The number of anilines is 1. The summed E-state index contributed by atoms with van der Waals surface area (Å²) in [7, 11) is 1.45. The minimum Gasteiger partial charge on any atom is -0.494 e. The van der Waals surface area contributed by atoms with E-state index in [1.54, 1.807) is 24.3 Å². The molecule has 1 fully saturated rings. The van der Waals surface area contributed by atoms with Gasteiger partial charge in [-0.25, -0.2) is 4.99 Å². The zero-order chi connectivity index (χ0) is 23.5. The Morgan fingerprint density at radius 3 is 2.59 bits per heavy atom. The maximum absolute atomic E-state index is 13.1. The number of ether oxygens (including phenoxy) is 1. The van der Waals surface area contributed by atoms with E-state index >= 15 is 0 Å². The fourth-order valence-corrected chi connectivity index (χ4v) is 4.12. The van der Waals surface area contributed by atoms with Crippen LogP contribution in [0.4, 0.5) is 24.5 Å². The van der Waals surface area contributed by atoms with E-state index in [0.717, 1.165) is 23.9 Å². The first-order valence-corrected chi connectivity index (χ1v) is 10.8. The number of thioether (sulfide) groups is 1. The Morgan fingerprint density at radius 1 is 1.28 bits per heavy atom. The van der Waals surface area contributed by atoms with Gasteiger partial charge in [-0.2, -0.15) is 13.2 Å². The summed E-state index contributed by atoms with van der Waals surface area (Å²) in [6.07, 6.45) is -4.72. The molecule has 1 heterocycles. The molecule has 2 amide bonds. The first-order valence-electron chi connectivity index (χ1n) is 9.51. The Hall–Kier alpha value is -2.72. The molecule has 32 heavy (non-hydrogen) atoms. The molecule has 1 saturated heterocycles. The summed E-state index contributed by atoms with van der Waals surface area (Å²) in [5, 5.41) is 1.60. The summed E-state index contributed by atoms with van der Waals surface area (Å²) in [5.74, 6) is -0.135. The maximum Gasteiger partial charge on any atom is 0.417 e. The molecule has 11 heteroatoms. The Kier molecular flexibility index (Phi) is 7.35. The Bertz CT molecular complexity index is 1040. The van der Waals surface area contributed by atoms with Crippen molar-refractivity contribution < 1.29 is 27.5 Å². The minimum atomic E-state index is -4.64. The number of carbonyl (C=O) groups excluding carboxylic acids is 2. The van der Waals surface area contributed by atoms with Crippen molar-refractivity contribution in [2.45, 2.75) is 24.8 Å². The van der Waals surface area contributed by atoms with Crippen molar-refractivity contribution in [3.05, 3.63) is 53.1 Å². The highest BCUT2D eigenvalue weighted by Crippen LogP contribution is 2.37. The number of nitrogens with zero attached hydrogens (tertiary/aromatic N) is 2. The van der Waals surface area contributed by atoms with Gasteiger partial charge in [0.1, 0.15) is 11.0 Å². The van der Waals surface area contributed by atoms with Crippen molar-refractivity contribution in [1.29, 1.82) is 0 Å². The topological polar surface area (TPSA) is 71.0 Å². The fourth-order valence-electron chi connectivity index (χ4n) is 2.83. The second kappa shape index (κ2) is 9.83. The van der Waals surface area contributed by atoms with Crippen molar-refractivity contribution in [1.82, 2.24) is 4.90 Å². The van der Waals surface area contributed by atoms with E-state index in [1.807, 2.05) is 6.92 Å². The van der Waals surface area contributed by atoms with E-state index in [4.69, 9.17) is 16.3 Å². The lowest BCUT2D eigenvalue weighted by atomic mass is 10.2. The van der Waals surface area contributed by atoms with Gasteiger partial charge in [0, 0.05) is 19.2 Å². The molecule has 0 unspecified atom stereocenters. The normalized spacial score (nSPS) is 18.1. The molecule has 0 spiro atoms. The smallest absolute Gasteiger partial charge is 0.417 e. The molecule has 1 atom stereocenters. The molecule has 0 aromatic heterocycles. The first-order chi connectivity index (χ1) is 15.1. The van der Waals surface area contributed by atoms with Gasteiger partial charge in [-0.15, -0.1) is 0 Å². The molecule has 1 N–H and O–H groups in total. The second-order valence-electron chi connectivity index (χ2n) is 6.77. The van der Waals surface area contributed by atoms with Crippen LogP contribution in [0.25, 0.3) is 0 Å². The lowest BCUT2D eigenvalue weighted by molar-refractivity contribution is -0.137.